The molecule has 2 fully saturated rings. The molecule has 0 aromatic carbocycles. The van der Waals surface area contributed by atoms with Gasteiger partial charge in [0.1, 0.15) is 0 Å². The fourth-order valence-electron chi connectivity index (χ4n) is 3.67. The summed E-state index contributed by atoms with van der Waals surface area (Å²) in [5.41, 5.74) is 2.13. The van der Waals surface area contributed by atoms with Gasteiger partial charge in [0.05, 0.1) is 0 Å². The Morgan fingerprint density at radius 2 is 2.18 bits per heavy atom. The van der Waals surface area contributed by atoms with Crippen molar-refractivity contribution in [3.8, 4) is 0 Å². The van der Waals surface area contributed by atoms with Crippen molar-refractivity contribution in [1.29, 1.82) is 0 Å². The first-order chi connectivity index (χ1) is 8.20. The predicted molar refractivity (Wildman–Crippen MR) is 70.9 cm³/mol. The maximum absolute atomic E-state index is 3.65. The van der Waals surface area contributed by atoms with Gasteiger partial charge in [-0.05, 0) is 30.4 Å². The first kappa shape index (κ1) is 11.3. The lowest BCUT2D eigenvalue weighted by Gasteiger charge is -2.48. The van der Waals surface area contributed by atoms with Crippen LogP contribution in [0.5, 0.6) is 0 Å². The standard InChI is InChI=1S/C15H24N2/c1-12(2)9-17-8-5-13(10-17)14-15(11-16-14)6-3-4-7-15/h5,8,10,12,14,16H,3-4,6-7,9,11H2,1-2H3. The number of hydrogen-bond acceptors (Lipinski definition) is 1. The number of hydrogen-bond donors (Lipinski definition) is 1. The Morgan fingerprint density at radius 1 is 1.41 bits per heavy atom. The molecule has 94 valence electrons. The van der Waals surface area contributed by atoms with Gasteiger partial charge in [-0.3, -0.25) is 0 Å². The number of nitrogens with one attached hydrogen (secondary N) is 1. The Balaban J connectivity index is 1.74. The van der Waals surface area contributed by atoms with Crippen molar-refractivity contribution >= 4 is 0 Å². The van der Waals surface area contributed by atoms with Gasteiger partial charge >= 0.3 is 0 Å². The molecule has 1 aromatic rings. The Bertz CT molecular complexity index is 385. The smallest absolute Gasteiger partial charge is 0.0404 e. The molecule has 0 radical (unpaired) electrons. The molecule has 0 bridgehead atoms. The third-order valence-corrected chi connectivity index (χ3v) is 4.55. The molecule has 2 heteroatoms. The second-order valence-corrected chi connectivity index (χ2v) is 6.42. The topological polar surface area (TPSA) is 17.0 Å². The Kier molecular flexibility index (Phi) is 2.78. The van der Waals surface area contributed by atoms with Crippen LogP contribution in [-0.2, 0) is 6.54 Å². The van der Waals surface area contributed by atoms with Crippen LogP contribution in [0, 0.1) is 11.3 Å². The first-order valence-electron chi connectivity index (χ1n) is 7.09. The number of nitrogens with zero attached hydrogens (tertiary/aromatic N) is 1. The third-order valence-electron chi connectivity index (χ3n) is 4.55. The van der Waals surface area contributed by atoms with Gasteiger partial charge in [-0.15, -0.1) is 0 Å². The van der Waals surface area contributed by atoms with Gasteiger partial charge < -0.3 is 9.88 Å². The van der Waals surface area contributed by atoms with Crippen molar-refractivity contribution in [2.24, 2.45) is 11.3 Å². The maximum Gasteiger partial charge on any atom is 0.0404 e. The highest BCUT2D eigenvalue weighted by atomic mass is 15.1. The summed E-state index contributed by atoms with van der Waals surface area (Å²) in [6.45, 7) is 6.94. The highest BCUT2D eigenvalue weighted by Gasteiger charge is 2.48. The molecule has 0 amide bonds. The summed E-state index contributed by atoms with van der Waals surface area (Å²) in [5.74, 6) is 0.727. The lowest BCUT2D eigenvalue weighted by Crippen LogP contribution is -2.54. The number of rotatable bonds is 3. The largest absolute Gasteiger partial charge is 0.354 e. The predicted octanol–water partition coefficient (Wildman–Crippen LogP) is 3.35. The molecule has 1 saturated heterocycles. The van der Waals surface area contributed by atoms with Gasteiger partial charge in [0.25, 0.3) is 0 Å². The van der Waals surface area contributed by atoms with E-state index in [9.17, 15) is 0 Å². The van der Waals surface area contributed by atoms with Crippen molar-refractivity contribution < 1.29 is 0 Å². The van der Waals surface area contributed by atoms with Crippen LogP contribution in [0.3, 0.4) is 0 Å². The summed E-state index contributed by atoms with van der Waals surface area (Å²) >= 11 is 0. The van der Waals surface area contributed by atoms with Crippen LogP contribution in [0.2, 0.25) is 0 Å². The zero-order valence-corrected chi connectivity index (χ0v) is 11.1. The second kappa shape index (κ2) is 4.16. The molecule has 2 nitrogen and oxygen atoms in total. The van der Waals surface area contributed by atoms with Crippen molar-refractivity contribution in [1.82, 2.24) is 9.88 Å². The molecule has 1 aliphatic heterocycles. The van der Waals surface area contributed by atoms with E-state index in [1.54, 1.807) is 0 Å². The van der Waals surface area contributed by atoms with Crippen LogP contribution in [0.25, 0.3) is 0 Å². The van der Waals surface area contributed by atoms with Crippen LogP contribution in [0.15, 0.2) is 18.5 Å². The van der Waals surface area contributed by atoms with E-state index in [2.05, 4.69) is 42.2 Å². The van der Waals surface area contributed by atoms with E-state index in [0.717, 1.165) is 12.5 Å². The van der Waals surface area contributed by atoms with E-state index >= 15 is 0 Å². The molecule has 1 saturated carbocycles. The zero-order valence-electron chi connectivity index (χ0n) is 11.1. The average molecular weight is 232 g/mol. The normalized spacial score (nSPS) is 26.6. The van der Waals surface area contributed by atoms with Crippen LogP contribution in [-0.4, -0.2) is 11.1 Å². The summed E-state index contributed by atoms with van der Waals surface area (Å²) in [5, 5.41) is 3.65. The summed E-state index contributed by atoms with van der Waals surface area (Å²) in [6, 6.07) is 2.96. The second-order valence-electron chi connectivity index (χ2n) is 6.42. The van der Waals surface area contributed by atoms with Gasteiger partial charge in [-0.2, -0.15) is 0 Å². The van der Waals surface area contributed by atoms with Crippen LogP contribution >= 0.6 is 0 Å². The zero-order chi connectivity index (χ0) is 11.9. The monoisotopic (exact) mass is 232 g/mol. The number of aromatic nitrogens is 1. The van der Waals surface area contributed by atoms with E-state index in [1.165, 1.54) is 37.8 Å². The van der Waals surface area contributed by atoms with Gasteiger partial charge in [0, 0.05) is 36.9 Å². The molecule has 1 atom stereocenters. The lowest BCUT2D eigenvalue weighted by molar-refractivity contribution is 0.0894. The van der Waals surface area contributed by atoms with E-state index in [1.807, 2.05) is 0 Å². The van der Waals surface area contributed by atoms with Crippen molar-refractivity contribution in [2.75, 3.05) is 6.54 Å². The molecule has 1 unspecified atom stereocenters. The molecule has 1 spiro atoms. The van der Waals surface area contributed by atoms with E-state index in [0.29, 0.717) is 11.5 Å². The molecule has 2 heterocycles. The highest BCUT2D eigenvalue weighted by molar-refractivity contribution is 5.24. The molecule has 1 aromatic heterocycles. The minimum Gasteiger partial charge on any atom is -0.354 e. The molecular weight excluding hydrogens is 208 g/mol. The average Bonchev–Trinajstić information content (AvgIpc) is 2.85. The van der Waals surface area contributed by atoms with E-state index in [-0.39, 0.29) is 0 Å². The summed E-state index contributed by atoms with van der Waals surface area (Å²) in [7, 11) is 0. The maximum atomic E-state index is 3.65. The molecular formula is C15H24N2. The third kappa shape index (κ3) is 1.93. The minimum absolute atomic E-state index is 0.615. The van der Waals surface area contributed by atoms with Crippen LogP contribution < -0.4 is 5.32 Å². The molecule has 1 aliphatic carbocycles. The SMILES string of the molecule is CC(C)Cn1ccc(C2NCC23CCCC3)c1. The van der Waals surface area contributed by atoms with Crippen LogP contribution in [0.1, 0.15) is 51.1 Å². The Morgan fingerprint density at radius 3 is 2.76 bits per heavy atom. The quantitative estimate of drug-likeness (QED) is 0.845. The first-order valence-corrected chi connectivity index (χ1v) is 7.09. The minimum atomic E-state index is 0.615. The Hall–Kier alpha value is -0.760. The highest BCUT2D eigenvalue weighted by Crippen LogP contribution is 2.52. The van der Waals surface area contributed by atoms with Crippen molar-refractivity contribution in [2.45, 2.75) is 52.1 Å². The fraction of sp³-hybridized carbons (Fsp3) is 0.733. The summed E-state index contributed by atoms with van der Waals surface area (Å²) in [4.78, 5) is 0. The molecule has 3 rings (SSSR count). The molecule has 2 aliphatic rings. The Labute approximate surface area is 104 Å². The van der Waals surface area contributed by atoms with Gasteiger partial charge in [0.2, 0.25) is 0 Å². The lowest BCUT2D eigenvalue weighted by atomic mass is 9.70. The summed E-state index contributed by atoms with van der Waals surface area (Å²) in [6.07, 6.45) is 10.3. The molecule has 17 heavy (non-hydrogen) atoms. The van der Waals surface area contributed by atoms with Gasteiger partial charge in [-0.1, -0.05) is 26.7 Å². The van der Waals surface area contributed by atoms with Crippen molar-refractivity contribution in [3.05, 3.63) is 24.0 Å². The fourth-order valence-corrected chi connectivity index (χ4v) is 3.67. The van der Waals surface area contributed by atoms with Gasteiger partial charge in [0.15, 0.2) is 0 Å². The van der Waals surface area contributed by atoms with E-state index in [4.69, 9.17) is 0 Å². The van der Waals surface area contributed by atoms with Crippen molar-refractivity contribution in [3.63, 3.8) is 0 Å². The summed E-state index contributed by atoms with van der Waals surface area (Å²) < 4.78 is 2.35. The molecule has 1 N–H and O–H groups in total. The van der Waals surface area contributed by atoms with Gasteiger partial charge in [-0.25, -0.2) is 0 Å². The van der Waals surface area contributed by atoms with E-state index < -0.39 is 0 Å². The van der Waals surface area contributed by atoms with Crippen LogP contribution in [0.4, 0.5) is 0 Å².